The van der Waals surface area contributed by atoms with E-state index in [1.54, 1.807) is 18.2 Å². The maximum absolute atomic E-state index is 12.9. The molecule has 136 valence electrons. The van der Waals surface area contributed by atoms with Crippen LogP contribution < -0.4 is 10.6 Å². The molecule has 0 aliphatic carbocycles. The number of alkyl halides is 3. The normalized spacial score (nSPS) is 11.5. The number of rotatable bonds is 5. The number of amides is 1. The van der Waals surface area contributed by atoms with Gasteiger partial charge in [-0.25, -0.2) is 0 Å². The molecular formula is C16H15F3N6O. The summed E-state index contributed by atoms with van der Waals surface area (Å²) >= 11 is 0. The van der Waals surface area contributed by atoms with E-state index in [9.17, 15) is 18.0 Å². The number of anilines is 2. The number of fused-ring (bicyclic) bond motifs is 1. The fourth-order valence-electron chi connectivity index (χ4n) is 2.35. The Morgan fingerprint density at radius 2 is 1.85 bits per heavy atom. The van der Waals surface area contributed by atoms with Gasteiger partial charge < -0.3 is 10.6 Å². The molecule has 7 nitrogen and oxygen atoms in total. The minimum atomic E-state index is -4.62. The van der Waals surface area contributed by atoms with Gasteiger partial charge in [-0.05, 0) is 36.2 Å². The minimum absolute atomic E-state index is 0.0245. The van der Waals surface area contributed by atoms with Crippen molar-refractivity contribution in [3.8, 4) is 0 Å². The predicted octanol–water partition coefficient (Wildman–Crippen LogP) is 2.76. The highest BCUT2D eigenvalue weighted by Gasteiger charge is 2.37. The Balaban J connectivity index is 1.63. The van der Waals surface area contributed by atoms with Crippen LogP contribution in [0.2, 0.25) is 0 Å². The molecule has 0 saturated heterocycles. The smallest absolute Gasteiger partial charge is 0.368 e. The fraction of sp³-hybridized carbons (Fsp3) is 0.250. The van der Waals surface area contributed by atoms with E-state index in [1.165, 1.54) is 13.0 Å². The van der Waals surface area contributed by atoms with Crippen LogP contribution in [0.15, 0.2) is 36.4 Å². The Morgan fingerprint density at radius 3 is 2.50 bits per heavy atom. The van der Waals surface area contributed by atoms with Crippen LogP contribution in [-0.4, -0.2) is 32.3 Å². The van der Waals surface area contributed by atoms with Gasteiger partial charge in [0.15, 0.2) is 5.65 Å². The molecule has 0 bridgehead atoms. The third-order valence-corrected chi connectivity index (χ3v) is 3.51. The average Bonchev–Trinajstić information content (AvgIpc) is 2.99. The topological polar surface area (TPSA) is 84.2 Å². The average molecular weight is 364 g/mol. The minimum Gasteiger partial charge on any atom is -0.368 e. The van der Waals surface area contributed by atoms with Crippen LogP contribution in [0.5, 0.6) is 0 Å². The van der Waals surface area contributed by atoms with Crippen LogP contribution in [0.25, 0.3) is 5.65 Å². The van der Waals surface area contributed by atoms with E-state index < -0.39 is 12.0 Å². The van der Waals surface area contributed by atoms with E-state index in [0.717, 1.165) is 5.56 Å². The zero-order valence-electron chi connectivity index (χ0n) is 13.7. The lowest BCUT2D eigenvalue weighted by atomic mass is 10.1. The summed E-state index contributed by atoms with van der Waals surface area (Å²) in [4.78, 5) is 11.0. The molecule has 0 radical (unpaired) electrons. The summed E-state index contributed by atoms with van der Waals surface area (Å²) in [5, 5.41) is 16.1. The monoisotopic (exact) mass is 364 g/mol. The van der Waals surface area contributed by atoms with Crippen molar-refractivity contribution in [1.29, 1.82) is 0 Å². The predicted molar refractivity (Wildman–Crippen MR) is 88.7 cm³/mol. The molecule has 0 fully saturated rings. The Kier molecular flexibility index (Phi) is 4.74. The second-order valence-corrected chi connectivity index (χ2v) is 5.56. The van der Waals surface area contributed by atoms with Gasteiger partial charge in [-0.15, -0.1) is 15.3 Å². The van der Waals surface area contributed by atoms with Gasteiger partial charge in [-0.1, -0.05) is 12.1 Å². The van der Waals surface area contributed by atoms with Gasteiger partial charge in [-0.3, -0.25) is 4.79 Å². The van der Waals surface area contributed by atoms with Gasteiger partial charge in [-0.2, -0.15) is 17.7 Å². The van der Waals surface area contributed by atoms with Gasteiger partial charge >= 0.3 is 6.18 Å². The number of aromatic nitrogens is 4. The third kappa shape index (κ3) is 4.08. The largest absolute Gasteiger partial charge is 0.453 e. The maximum Gasteiger partial charge on any atom is 0.453 e. The number of carbonyl (C=O) groups excluding carboxylic acids is 1. The molecule has 1 aromatic carbocycles. The molecule has 2 heterocycles. The number of carbonyl (C=O) groups is 1. The summed E-state index contributed by atoms with van der Waals surface area (Å²) in [5.41, 5.74) is 1.73. The van der Waals surface area contributed by atoms with Gasteiger partial charge in [0.05, 0.1) is 0 Å². The van der Waals surface area contributed by atoms with Crippen molar-refractivity contribution in [3.63, 3.8) is 0 Å². The molecule has 0 saturated carbocycles. The summed E-state index contributed by atoms with van der Waals surface area (Å²) in [6.45, 7) is 1.91. The molecule has 1 amide bonds. The molecule has 0 atom stereocenters. The number of benzene rings is 1. The van der Waals surface area contributed by atoms with E-state index in [4.69, 9.17) is 0 Å². The molecule has 0 aliphatic rings. The number of nitrogens with zero attached hydrogens (tertiary/aromatic N) is 4. The molecule has 2 aromatic heterocycles. The van der Waals surface area contributed by atoms with E-state index in [0.29, 0.717) is 23.2 Å². The van der Waals surface area contributed by atoms with Crippen LogP contribution in [0.3, 0.4) is 0 Å². The van der Waals surface area contributed by atoms with Crippen molar-refractivity contribution in [2.24, 2.45) is 0 Å². The summed E-state index contributed by atoms with van der Waals surface area (Å²) < 4.78 is 39.2. The van der Waals surface area contributed by atoms with Crippen molar-refractivity contribution >= 4 is 23.1 Å². The van der Waals surface area contributed by atoms with Crippen LogP contribution in [-0.2, 0) is 17.4 Å². The third-order valence-electron chi connectivity index (χ3n) is 3.51. The van der Waals surface area contributed by atoms with Gasteiger partial charge in [0.1, 0.15) is 5.82 Å². The zero-order chi connectivity index (χ0) is 18.7. The first-order valence-electron chi connectivity index (χ1n) is 7.73. The van der Waals surface area contributed by atoms with Crippen molar-refractivity contribution in [2.45, 2.75) is 19.5 Å². The number of hydrogen-bond acceptors (Lipinski definition) is 5. The Hall–Kier alpha value is -3.17. The van der Waals surface area contributed by atoms with Gasteiger partial charge in [0.2, 0.25) is 5.91 Å². The van der Waals surface area contributed by atoms with Crippen molar-refractivity contribution in [1.82, 2.24) is 19.8 Å². The Labute approximate surface area is 146 Å². The van der Waals surface area contributed by atoms with Crippen LogP contribution >= 0.6 is 0 Å². The first kappa shape index (κ1) is 17.6. The molecule has 26 heavy (non-hydrogen) atoms. The maximum atomic E-state index is 12.9. The van der Waals surface area contributed by atoms with E-state index in [-0.39, 0.29) is 17.4 Å². The first-order chi connectivity index (χ1) is 12.3. The number of halogens is 3. The Bertz CT molecular complexity index is 920. The molecule has 3 aromatic rings. The summed E-state index contributed by atoms with van der Waals surface area (Å²) in [5.74, 6) is -1.02. The van der Waals surface area contributed by atoms with E-state index in [1.807, 2.05) is 12.1 Å². The molecule has 10 heteroatoms. The van der Waals surface area contributed by atoms with Crippen molar-refractivity contribution in [3.05, 3.63) is 47.8 Å². The summed E-state index contributed by atoms with van der Waals surface area (Å²) in [6, 6.07) is 10.3. The summed E-state index contributed by atoms with van der Waals surface area (Å²) in [7, 11) is 0. The lowest BCUT2D eigenvalue weighted by molar-refractivity contribution is -0.146. The molecule has 3 rings (SSSR count). The SMILES string of the molecule is CC(=O)Nc1ccc(CCNc2ccc3nnc(C(F)(F)F)n3n2)cc1. The standard InChI is InChI=1S/C16H15F3N6O/c1-10(26)21-12-4-2-11(3-5-12)8-9-20-13-6-7-14-22-23-15(16(17,18)19)25(14)24-13/h2-7H,8-9H2,1H3,(H,20,24)(H,21,26). The molecule has 0 unspecified atom stereocenters. The molecule has 0 spiro atoms. The first-order valence-corrected chi connectivity index (χ1v) is 7.73. The van der Waals surface area contributed by atoms with Crippen molar-refractivity contribution < 1.29 is 18.0 Å². The molecule has 0 aliphatic heterocycles. The van der Waals surface area contributed by atoms with E-state index >= 15 is 0 Å². The lowest BCUT2D eigenvalue weighted by Gasteiger charge is -2.08. The highest BCUT2D eigenvalue weighted by atomic mass is 19.4. The van der Waals surface area contributed by atoms with Crippen molar-refractivity contribution in [2.75, 3.05) is 17.2 Å². The van der Waals surface area contributed by atoms with Gasteiger partial charge in [0.25, 0.3) is 5.82 Å². The highest BCUT2D eigenvalue weighted by molar-refractivity contribution is 5.88. The zero-order valence-corrected chi connectivity index (χ0v) is 13.7. The fourth-order valence-corrected chi connectivity index (χ4v) is 2.35. The number of nitrogens with one attached hydrogen (secondary N) is 2. The number of hydrogen-bond donors (Lipinski definition) is 2. The van der Waals surface area contributed by atoms with Crippen LogP contribution in [0.1, 0.15) is 18.3 Å². The molecule has 2 N–H and O–H groups in total. The lowest BCUT2D eigenvalue weighted by Crippen LogP contribution is -2.14. The van der Waals surface area contributed by atoms with Gasteiger partial charge in [0, 0.05) is 19.2 Å². The van der Waals surface area contributed by atoms with Crippen LogP contribution in [0, 0.1) is 0 Å². The summed E-state index contributed by atoms with van der Waals surface area (Å²) in [6.07, 6.45) is -3.99. The quantitative estimate of drug-likeness (QED) is 0.727. The second kappa shape index (κ2) is 6.98. The molecular weight excluding hydrogens is 349 g/mol. The van der Waals surface area contributed by atoms with E-state index in [2.05, 4.69) is 25.9 Å². The van der Waals surface area contributed by atoms with Crippen LogP contribution in [0.4, 0.5) is 24.7 Å². The Morgan fingerprint density at radius 1 is 1.12 bits per heavy atom. The highest BCUT2D eigenvalue weighted by Crippen LogP contribution is 2.27. The second-order valence-electron chi connectivity index (χ2n) is 5.56.